The smallest absolute Gasteiger partial charge is 0.0143 e. The number of hydrogen-bond acceptors (Lipinski definition) is 2. The normalized spacial score (nSPS) is 13.4. The van der Waals surface area contributed by atoms with Crippen LogP contribution in [0.5, 0.6) is 0 Å². The summed E-state index contributed by atoms with van der Waals surface area (Å²) >= 11 is 0. The highest BCUT2D eigenvalue weighted by Gasteiger charge is 1.93. The van der Waals surface area contributed by atoms with E-state index in [1.54, 1.807) is 0 Å². The first-order valence-electron chi connectivity index (χ1n) is 8.73. The van der Waals surface area contributed by atoms with Crippen LogP contribution in [-0.2, 0) is 0 Å². The summed E-state index contributed by atoms with van der Waals surface area (Å²) in [6.07, 6.45) is 15.4. The highest BCUT2D eigenvalue weighted by Crippen LogP contribution is 2.11. The Kier molecular flexibility index (Phi) is 12.4. The van der Waals surface area contributed by atoms with Crippen LogP contribution in [0, 0.1) is 0 Å². The third-order valence-corrected chi connectivity index (χ3v) is 3.89. The van der Waals surface area contributed by atoms with Crippen molar-refractivity contribution in [1.29, 1.82) is 0 Å². The highest BCUT2D eigenvalue weighted by atomic mass is 15.1. The summed E-state index contributed by atoms with van der Waals surface area (Å²) < 4.78 is 0. The molecule has 0 bridgehead atoms. The molecule has 0 fully saturated rings. The summed E-state index contributed by atoms with van der Waals surface area (Å²) in [5.41, 5.74) is 2.87. The van der Waals surface area contributed by atoms with Crippen molar-refractivity contribution >= 4 is 0 Å². The van der Waals surface area contributed by atoms with Crippen LogP contribution >= 0.6 is 0 Å². The first-order valence-corrected chi connectivity index (χ1v) is 8.73. The van der Waals surface area contributed by atoms with Crippen LogP contribution in [0.1, 0.15) is 54.4 Å². The molecule has 0 saturated heterocycles. The lowest BCUT2D eigenvalue weighted by Gasteiger charge is -2.14. The van der Waals surface area contributed by atoms with Gasteiger partial charge in [-0.1, -0.05) is 23.3 Å². The van der Waals surface area contributed by atoms with Gasteiger partial charge >= 0.3 is 0 Å². The van der Waals surface area contributed by atoms with E-state index in [1.807, 2.05) is 0 Å². The fourth-order valence-electron chi connectivity index (χ4n) is 2.09. The molecule has 0 aromatic rings. The van der Waals surface area contributed by atoms with E-state index >= 15 is 0 Å². The Morgan fingerprint density at radius 3 is 1.23 bits per heavy atom. The minimum absolute atomic E-state index is 1.07. The summed E-state index contributed by atoms with van der Waals surface area (Å²) in [5.74, 6) is 0. The Morgan fingerprint density at radius 1 is 0.636 bits per heavy atom. The fraction of sp³-hybridized carbons (Fsp3) is 0.600. The van der Waals surface area contributed by atoms with Crippen LogP contribution in [0.4, 0.5) is 0 Å². The van der Waals surface area contributed by atoms with Crippen molar-refractivity contribution in [2.45, 2.75) is 54.4 Å². The second-order valence-corrected chi connectivity index (χ2v) is 5.65. The number of allylic oxidation sites excluding steroid dienone is 6. The molecule has 0 atom stereocenters. The molecule has 0 amide bonds. The first-order chi connectivity index (χ1) is 10.6. The van der Waals surface area contributed by atoms with Crippen molar-refractivity contribution in [1.82, 2.24) is 9.80 Å². The molecular formula is C20H36N2. The van der Waals surface area contributed by atoms with Crippen LogP contribution in [-0.4, -0.2) is 36.0 Å². The summed E-state index contributed by atoms with van der Waals surface area (Å²) in [4.78, 5) is 4.60. The molecule has 0 aliphatic carbocycles. The van der Waals surface area contributed by atoms with Crippen molar-refractivity contribution < 1.29 is 0 Å². The van der Waals surface area contributed by atoms with Gasteiger partial charge in [0, 0.05) is 26.2 Å². The number of nitrogens with zero attached hydrogens (tertiary/aromatic N) is 2. The van der Waals surface area contributed by atoms with E-state index in [2.05, 4.69) is 88.0 Å². The second-order valence-electron chi connectivity index (χ2n) is 5.65. The van der Waals surface area contributed by atoms with E-state index in [9.17, 15) is 0 Å². The molecule has 0 rings (SSSR count). The van der Waals surface area contributed by atoms with Gasteiger partial charge in [0.2, 0.25) is 0 Å². The molecule has 0 saturated carbocycles. The maximum Gasteiger partial charge on any atom is 0.0143 e. The van der Waals surface area contributed by atoms with Gasteiger partial charge in [0.1, 0.15) is 0 Å². The molecule has 0 aromatic heterocycles. The molecule has 0 aliphatic heterocycles. The molecule has 0 radical (unpaired) electrons. The summed E-state index contributed by atoms with van der Waals surface area (Å²) in [6.45, 7) is 17.4. The van der Waals surface area contributed by atoms with E-state index in [0.29, 0.717) is 0 Å². The van der Waals surface area contributed by atoms with E-state index in [4.69, 9.17) is 0 Å². The number of hydrogen-bond donors (Lipinski definition) is 0. The van der Waals surface area contributed by atoms with E-state index in [-0.39, 0.29) is 0 Å². The van der Waals surface area contributed by atoms with Crippen molar-refractivity contribution in [3.63, 3.8) is 0 Å². The Hall–Kier alpha value is -1.44. The quantitative estimate of drug-likeness (QED) is 0.473. The zero-order valence-electron chi connectivity index (χ0n) is 15.6. The molecular weight excluding hydrogens is 268 g/mol. The lowest BCUT2D eigenvalue weighted by atomic mass is 10.1. The Balaban J connectivity index is 4.25. The molecule has 0 spiro atoms. The van der Waals surface area contributed by atoms with Gasteiger partial charge in [-0.15, -0.1) is 0 Å². The zero-order valence-corrected chi connectivity index (χ0v) is 15.6. The molecule has 2 nitrogen and oxygen atoms in total. The zero-order chi connectivity index (χ0) is 16.8. The van der Waals surface area contributed by atoms with Crippen molar-refractivity contribution in [3.05, 3.63) is 47.9 Å². The van der Waals surface area contributed by atoms with Gasteiger partial charge in [0.05, 0.1) is 0 Å². The van der Waals surface area contributed by atoms with Gasteiger partial charge in [-0.25, -0.2) is 0 Å². The van der Waals surface area contributed by atoms with Gasteiger partial charge < -0.3 is 9.80 Å². The molecule has 0 N–H and O–H groups in total. The second kappa shape index (κ2) is 13.2. The molecule has 0 aliphatic rings. The van der Waals surface area contributed by atoms with Crippen LogP contribution in [0.3, 0.4) is 0 Å². The Morgan fingerprint density at radius 2 is 0.955 bits per heavy atom. The molecule has 0 aromatic carbocycles. The Labute approximate surface area is 138 Å². The van der Waals surface area contributed by atoms with Crippen molar-refractivity contribution in [2.24, 2.45) is 0 Å². The predicted molar refractivity (Wildman–Crippen MR) is 101 cm³/mol. The molecule has 22 heavy (non-hydrogen) atoms. The van der Waals surface area contributed by atoms with Gasteiger partial charge in [-0.2, -0.15) is 0 Å². The minimum atomic E-state index is 1.07. The summed E-state index contributed by atoms with van der Waals surface area (Å²) in [5, 5.41) is 0. The average Bonchev–Trinajstić information content (AvgIpc) is 2.53. The Bertz CT molecular complexity index is 343. The monoisotopic (exact) mass is 304 g/mol. The predicted octanol–water partition coefficient (Wildman–Crippen LogP) is 5.37. The summed E-state index contributed by atoms with van der Waals surface area (Å²) in [6, 6.07) is 0. The lowest BCUT2D eigenvalue weighted by molar-refractivity contribution is 0.419. The van der Waals surface area contributed by atoms with E-state index < -0.39 is 0 Å². The van der Waals surface area contributed by atoms with Crippen molar-refractivity contribution in [2.75, 3.05) is 26.2 Å². The van der Waals surface area contributed by atoms with Crippen LogP contribution in [0.2, 0.25) is 0 Å². The van der Waals surface area contributed by atoms with Gasteiger partial charge in [0.25, 0.3) is 0 Å². The van der Waals surface area contributed by atoms with Crippen LogP contribution in [0.25, 0.3) is 0 Å². The average molecular weight is 305 g/mol. The van der Waals surface area contributed by atoms with Crippen LogP contribution in [0.15, 0.2) is 47.9 Å². The highest BCUT2D eigenvalue weighted by molar-refractivity contribution is 5.15. The SMILES string of the molecule is CCN(/C=C/C=C(\C)CC/C(C)=C/C=C/N(CC)CC)CC. The van der Waals surface area contributed by atoms with Gasteiger partial charge in [-0.3, -0.25) is 0 Å². The van der Waals surface area contributed by atoms with Gasteiger partial charge in [-0.05, 0) is 78.9 Å². The maximum atomic E-state index is 2.30. The van der Waals surface area contributed by atoms with Crippen LogP contribution < -0.4 is 0 Å². The molecule has 0 heterocycles. The minimum Gasteiger partial charge on any atom is -0.378 e. The standard InChI is InChI=1S/C20H36N2/c1-7-21(8-2)17-11-13-19(5)15-16-20(6)14-12-18-22(9-3)10-4/h11-14,17-18H,7-10,15-16H2,1-6H3/b17-11+,18-12+,19-13+,20-14+. The first kappa shape index (κ1) is 20.6. The third kappa shape index (κ3) is 10.3. The van der Waals surface area contributed by atoms with E-state index in [1.165, 1.54) is 11.1 Å². The maximum absolute atomic E-state index is 2.30. The number of rotatable bonds is 11. The fourth-order valence-corrected chi connectivity index (χ4v) is 2.09. The lowest BCUT2D eigenvalue weighted by Crippen LogP contribution is -2.14. The van der Waals surface area contributed by atoms with E-state index in [0.717, 1.165) is 39.0 Å². The molecule has 2 heteroatoms. The molecule has 0 unspecified atom stereocenters. The van der Waals surface area contributed by atoms with Gasteiger partial charge in [0.15, 0.2) is 0 Å². The largest absolute Gasteiger partial charge is 0.378 e. The third-order valence-electron chi connectivity index (χ3n) is 3.89. The van der Waals surface area contributed by atoms with Crippen molar-refractivity contribution in [3.8, 4) is 0 Å². The molecule has 126 valence electrons. The topological polar surface area (TPSA) is 6.48 Å². The summed E-state index contributed by atoms with van der Waals surface area (Å²) in [7, 11) is 0.